The van der Waals surface area contributed by atoms with Gasteiger partial charge in [0, 0.05) is 49.6 Å². The van der Waals surface area contributed by atoms with Gasteiger partial charge in [0.15, 0.2) is 0 Å². The van der Waals surface area contributed by atoms with Crippen LogP contribution in [0.3, 0.4) is 0 Å². The van der Waals surface area contributed by atoms with Crippen LogP contribution >= 0.6 is 0 Å². The van der Waals surface area contributed by atoms with Crippen molar-refractivity contribution >= 4 is 22.4 Å². The van der Waals surface area contributed by atoms with Gasteiger partial charge in [-0.25, -0.2) is 0 Å². The number of hydrogen-bond donors (Lipinski definition) is 3. The molecule has 33 heavy (non-hydrogen) atoms. The standard InChI is InChI=1S/C27H30N2O4/c1-18(30)28-21-9-6-20(7-10-21)25(32)17-29-14-12-27(13-15-29)16-24(31)23-11-8-19-4-2-3-5-22(19)26(23)33-27/h2-11,24-25,31-32H,12-17H2,1H3,(H,28,30)/t24-,25+/m0/s1. The van der Waals surface area contributed by atoms with E-state index in [4.69, 9.17) is 4.74 Å². The molecule has 1 spiro atoms. The average Bonchev–Trinajstić information content (AvgIpc) is 2.81. The molecule has 0 unspecified atom stereocenters. The monoisotopic (exact) mass is 446 g/mol. The molecule has 1 saturated heterocycles. The number of nitrogens with one attached hydrogen (secondary N) is 1. The first-order valence-corrected chi connectivity index (χ1v) is 11.6. The quantitative estimate of drug-likeness (QED) is 0.560. The number of carbonyl (C=O) groups excluding carboxylic acids is 1. The lowest BCUT2D eigenvalue weighted by molar-refractivity contribution is -0.114. The average molecular weight is 447 g/mol. The van der Waals surface area contributed by atoms with Crippen molar-refractivity contribution in [3.63, 3.8) is 0 Å². The second kappa shape index (κ2) is 8.78. The van der Waals surface area contributed by atoms with E-state index in [-0.39, 0.29) is 11.5 Å². The molecule has 3 aromatic carbocycles. The summed E-state index contributed by atoms with van der Waals surface area (Å²) in [5, 5.41) is 26.6. The van der Waals surface area contributed by atoms with E-state index in [2.05, 4.69) is 22.3 Å². The Hall–Kier alpha value is -2.93. The maximum atomic E-state index is 11.2. The van der Waals surface area contributed by atoms with E-state index in [0.717, 1.165) is 59.3 Å². The largest absolute Gasteiger partial charge is 0.486 e. The fourth-order valence-corrected chi connectivity index (χ4v) is 5.15. The Kier molecular flexibility index (Phi) is 5.83. The molecule has 1 fully saturated rings. The van der Waals surface area contributed by atoms with Gasteiger partial charge in [-0.05, 0) is 35.9 Å². The van der Waals surface area contributed by atoms with Crippen LogP contribution in [0.4, 0.5) is 5.69 Å². The predicted molar refractivity (Wildman–Crippen MR) is 128 cm³/mol. The van der Waals surface area contributed by atoms with Crippen molar-refractivity contribution in [2.75, 3.05) is 25.0 Å². The number of anilines is 1. The van der Waals surface area contributed by atoms with Crippen LogP contribution in [0.15, 0.2) is 60.7 Å². The molecule has 0 bridgehead atoms. The summed E-state index contributed by atoms with van der Waals surface area (Å²) in [5.74, 6) is 0.704. The highest BCUT2D eigenvalue weighted by molar-refractivity contribution is 5.90. The van der Waals surface area contributed by atoms with Crippen LogP contribution in [0.1, 0.15) is 49.5 Å². The van der Waals surface area contributed by atoms with E-state index in [1.165, 1.54) is 6.92 Å². The molecule has 1 amide bonds. The highest BCUT2D eigenvalue weighted by Crippen LogP contribution is 2.47. The van der Waals surface area contributed by atoms with Gasteiger partial charge in [0.05, 0.1) is 12.2 Å². The van der Waals surface area contributed by atoms with Gasteiger partial charge in [-0.1, -0.05) is 48.5 Å². The highest BCUT2D eigenvalue weighted by Gasteiger charge is 2.43. The number of β-amino-alcohol motifs (C(OH)–C–C–N with tert-alkyl or cyclic N) is 1. The summed E-state index contributed by atoms with van der Waals surface area (Å²) in [6.07, 6.45) is 1.08. The number of aliphatic hydroxyl groups is 2. The Balaban J connectivity index is 1.25. The van der Waals surface area contributed by atoms with Crippen LogP contribution in [0.5, 0.6) is 5.75 Å². The number of rotatable bonds is 4. The summed E-state index contributed by atoms with van der Waals surface area (Å²) >= 11 is 0. The fraction of sp³-hybridized carbons (Fsp3) is 0.370. The molecule has 2 heterocycles. The number of hydrogen-bond acceptors (Lipinski definition) is 5. The molecule has 2 aliphatic rings. The molecular formula is C27H30N2O4. The van der Waals surface area contributed by atoms with Crippen molar-refractivity contribution in [3.8, 4) is 5.75 Å². The summed E-state index contributed by atoms with van der Waals surface area (Å²) in [6.45, 7) is 3.61. The number of piperidine rings is 1. The first-order chi connectivity index (χ1) is 15.9. The summed E-state index contributed by atoms with van der Waals surface area (Å²) < 4.78 is 6.64. The number of benzene rings is 3. The molecule has 0 aliphatic carbocycles. The van der Waals surface area contributed by atoms with Crippen LogP contribution in [0.2, 0.25) is 0 Å². The number of nitrogens with zero attached hydrogens (tertiary/aromatic N) is 1. The predicted octanol–water partition coefficient (Wildman–Crippen LogP) is 4.18. The molecule has 0 radical (unpaired) electrons. The van der Waals surface area contributed by atoms with Crippen LogP contribution < -0.4 is 10.1 Å². The zero-order chi connectivity index (χ0) is 23.0. The molecule has 3 aromatic rings. The van der Waals surface area contributed by atoms with Crippen molar-refractivity contribution < 1.29 is 19.7 Å². The van der Waals surface area contributed by atoms with E-state index in [1.54, 1.807) is 0 Å². The Morgan fingerprint density at radius 1 is 1.12 bits per heavy atom. The van der Waals surface area contributed by atoms with Gasteiger partial charge >= 0.3 is 0 Å². The van der Waals surface area contributed by atoms with Crippen LogP contribution in [-0.2, 0) is 4.79 Å². The molecule has 6 nitrogen and oxygen atoms in total. The van der Waals surface area contributed by atoms with Crippen molar-refractivity contribution in [2.45, 2.75) is 44.0 Å². The minimum absolute atomic E-state index is 0.115. The minimum atomic E-state index is -0.604. The summed E-state index contributed by atoms with van der Waals surface area (Å²) in [5.41, 5.74) is 2.05. The number of carbonyl (C=O) groups is 1. The number of fused-ring (bicyclic) bond motifs is 3. The fourth-order valence-electron chi connectivity index (χ4n) is 5.15. The Bertz CT molecular complexity index is 1150. The maximum Gasteiger partial charge on any atom is 0.221 e. The van der Waals surface area contributed by atoms with E-state index >= 15 is 0 Å². The second-order valence-corrected chi connectivity index (χ2v) is 9.33. The first-order valence-electron chi connectivity index (χ1n) is 11.6. The number of ether oxygens (including phenoxy) is 1. The smallest absolute Gasteiger partial charge is 0.221 e. The van der Waals surface area contributed by atoms with Gasteiger partial charge in [-0.15, -0.1) is 0 Å². The zero-order valence-electron chi connectivity index (χ0n) is 18.8. The van der Waals surface area contributed by atoms with E-state index in [0.29, 0.717) is 13.0 Å². The molecular weight excluding hydrogens is 416 g/mol. The Morgan fingerprint density at radius 3 is 2.58 bits per heavy atom. The zero-order valence-corrected chi connectivity index (χ0v) is 18.8. The van der Waals surface area contributed by atoms with E-state index in [9.17, 15) is 15.0 Å². The van der Waals surface area contributed by atoms with Gasteiger partial charge in [0.2, 0.25) is 5.91 Å². The lowest BCUT2D eigenvalue weighted by Gasteiger charge is -2.46. The van der Waals surface area contributed by atoms with Gasteiger partial charge in [-0.3, -0.25) is 4.79 Å². The molecule has 2 atom stereocenters. The number of likely N-dealkylation sites (tertiary alicyclic amines) is 1. The van der Waals surface area contributed by atoms with Crippen molar-refractivity contribution in [2.24, 2.45) is 0 Å². The van der Waals surface area contributed by atoms with Crippen LogP contribution in [0, 0.1) is 0 Å². The van der Waals surface area contributed by atoms with Crippen molar-refractivity contribution in [1.29, 1.82) is 0 Å². The minimum Gasteiger partial charge on any atom is -0.486 e. The third kappa shape index (κ3) is 4.47. The molecule has 3 N–H and O–H groups in total. The SMILES string of the molecule is CC(=O)Nc1ccc([C@H](O)CN2CCC3(CC2)C[C@H](O)c2ccc4ccccc4c2O3)cc1. The molecule has 6 heteroatoms. The van der Waals surface area contributed by atoms with E-state index in [1.807, 2.05) is 48.5 Å². The maximum absolute atomic E-state index is 11.2. The third-order valence-corrected chi connectivity index (χ3v) is 6.97. The van der Waals surface area contributed by atoms with Crippen LogP contribution in [-0.4, -0.2) is 46.3 Å². The third-order valence-electron chi connectivity index (χ3n) is 6.97. The summed E-state index contributed by atoms with van der Waals surface area (Å²) in [7, 11) is 0. The summed E-state index contributed by atoms with van der Waals surface area (Å²) in [4.78, 5) is 13.4. The van der Waals surface area contributed by atoms with Gasteiger partial charge in [0.1, 0.15) is 11.4 Å². The second-order valence-electron chi connectivity index (χ2n) is 9.33. The first kappa shape index (κ1) is 21.9. The van der Waals surface area contributed by atoms with Crippen LogP contribution in [0.25, 0.3) is 10.8 Å². The van der Waals surface area contributed by atoms with Gasteiger partial charge in [-0.2, -0.15) is 0 Å². The van der Waals surface area contributed by atoms with Crippen molar-refractivity contribution in [1.82, 2.24) is 4.90 Å². The number of amides is 1. The Morgan fingerprint density at radius 2 is 1.85 bits per heavy atom. The van der Waals surface area contributed by atoms with E-state index < -0.39 is 12.2 Å². The molecule has 0 aromatic heterocycles. The molecule has 172 valence electrons. The van der Waals surface area contributed by atoms with Crippen molar-refractivity contribution in [3.05, 3.63) is 71.8 Å². The molecule has 5 rings (SSSR count). The lowest BCUT2D eigenvalue weighted by Crippen LogP contribution is -2.51. The highest BCUT2D eigenvalue weighted by atomic mass is 16.5. The normalized spacial score (nSPS) is 20.8. The van der Waals surface area contributed by atoms with Gasteiger partial charge < -0.3 is 25.2 Å². The molecule has 2 aliphatic heterocycles. The number of aliphatic hydroxyl groups excluding tert-OH is 2. The molecule has 0 saturated carbocycles. The van der Waals surface area contributed by atoms with Gasteiger partial charge in [0.25, 0.3) is 0 Å². The topological polar surface area (TPSA) is 82.0 Å². The lowest BCUT2D eigenvalue weighted by atomic mass is 9.81. The Labute approximate surface area is 193 Å². The summed E-state index contributed by atoms with van der Waals surface area (Å²) in [6, 6.07) is 19.5.